The van der Waals surface area contributed by atoms with Crippen molar-refractivity contribution >= 4 is 0 Å². The molecule has 0 N–H and O–H groups in total. The molecular formula is C26H36N6O2. The van der Waals surface area contributed by atoms with E-state index in [1.54, 1.807) is 7.11 Å². The summed E-state index contributed by atoms with van der Waals surface area (Å²) in [4.78, 5) is 7.06. The second kappa shape index (κ2) is 9.88. The third-order valence-corrected chi connectivity index (χ3v) is 7.26. The van der Waals surface area contributed by atoms with E-state index in [1.807, 2.05) is 19.3 Å². The van der Waals surface area contributed by atoms with E-state index in [0.717, 1.165) is 41.9 Å². The van der Waals surface area contributed by atoms with E-state index < -0.39 is 0 Å². The van der Waals surface area contributed by atoms with Gasteiger partial charge in [-0.05, 0) is 65.1 Å². The molecule has 3 aromatic rings. The van der Waals surface area contributed by atoms with Crippen molar-refractivity contribution in [1.82, 2.24) is 29.4 Å². The Bertz CT molecular complexity index is 1130. The smallest absolute Gasteiger partial charge is 0.215 e. The molecular weight excluding hydrogens is 428 g/mol. The first-order chi connectivity index (χ1) is 16.5. The molecule has 5 heterocycles. The Morgan fingerprint density at radius 2 is 1.94 bits per heavy atom. The molecule has 0 aliphatic carbocycles. The van der Waals surface area contributed by atoms with Crippen LogP contribution in [0.2, 0.25) is 0 Å². The summed E-state index contributed by atoms with van der Waals surface area (Å²) in [6.07, 6.45) is 10.1. The fraction of sp³-hybridized carbons (Fsp3) is 0.577. The molecule has 34 heavy (non-hydrogen) atoms. The van der Waals surface area contributed by atoms with E-state index >= 15 is 0 Å². The number of rotatable bonds is 6. The first kappa shape index (κ1) is 23.1. The van der Waals surface area contributed by atoms with Crippen LogP contribution in [0.25, 0.3) is 16.9 Å². The summed E-state index contributed by atoms with van der Waals surface area (Å²) in [6, 6.07) is 2.74. The maximum absolute atomic E-state index is 5.81. The van der Waals surface area contributed by atoms with E-state index in [4.69, 9.17) is 19.7 Å². The molecule has 0 aromatic carbocycles. The topological polar surface area (TPSA) is 70.2 Å². The molecule has 8 heteroatoms. The Balaban J connectivity index is 1.41. The second-order valence-electron chi connectivity index (χ2n) is 9.84. The van der Waals surface area contributed by atoms with Crippen LogP contribution in [0.1, 0.15) is 43.5 Å². The number of aromatic nitrogens is 5. The van der Waals surface area contributed by atoms with Crippen molar-refractivity contribution in [3.8, 4) is 22.8 Å². The largest absolute Gasteiger partial charge is 0.481 e. The Hall–Kier alpha value is -2.71. The van der Waals surface area contributed by atoms with E-state index in [1.165, 1.54) is 37.2 Å². The quantitative estimate of drug-likeness (QED) is 0.554. The number of nitrogens with zero attached hydrogens (tertiary/aromatic N) is 6. The number of piperidine rings is 1. The van der Waals surface area contributed by atoms with Crippen LogP contribution in [0, 0.1) is 12.8 Å². The summed E-state index contributed by atoms with van der Waals surface area (Å²) in [5.41, 5.74) is 6.47. The third-order valence-electron chi connectivity index (χ3n) is 7.26. The third kappa shape index (κ3) is 4.61. The molecule has 0 bridgehead atoms. The Morgan fingerprint density at radius 1 is 1.15 bits per heavy atom. The zero-order valence-corrected chi connectivity index (χ0v) is 20.8. The molecule has 0 amide bonds. The summed E-state index contributed by atoms with van der Waals surface area (Å²) >= 11 is 0. The Morgan fingerprint density at radius 3 is 2.68 bits per heavy atom. The lowest BCUT2D eigenvalue weighted by molar-refractivity contribution is 0.140. The van der Waals surface area contributed by atoms with Crippen molar-refractivity contribution in [2.24, 2.45) is 5.92 Å². The lowest BCUT2D eigenvalue weighted by atomic mass is 9.96. The molecule has 182 valence electrons. The molecule has 0 atom stereocenters. The van der Waals surface area contributed by atoms with E-state index in [9.17, 15) is 0 Å². The van der Waals surface area contributed by atoms with Crippen LogP contribution in [0.4, 0.5) is 0 Å². The first-order valence-electron chi connectivity index (χ1n) is 12.5. The van der Waals surface area contributed by atoms with E-state index in [2.05, 4.69) is 45.4 Å². The van der Waals surface area contributed by atoms with Crippen LogP contribution in [0.5, 0.6) is 5.88 Å². The minimum atomic E-state index is 0.634. The molecule has 1 fully saturated rings. The SMILES string of the molecule is COc1ncc(-c2nn(-c3cnn(CC4CCN(C(C)C)CC4)c3)c3c2CCOCC3)cc1C. The van der Waals surface area contributed by atoms with Crippen molar-refractivity contribution in [3.05, 3.63) is 41.5 Å². The normalized spacial score (nSPS) is 17.7. The highest BCUT2D eigenvalue weighted by Crippen LogP contribution is 2.31. The van der Waals surface area contributed by atoms with Gasteiger partial charge in [0, 0.05) is 41.9 Å². The molecule has 2 aliphatic heterocycles. The highest BCUT2D eigenvalue weighted by atomic mass is 16.5. The molecule has 0 spiro atoms. The van der Waals surface area contributed by atoms with Crippen LogP contribution >= 0.6 is 0 Å². The predicted molar refractivity (Wildman–Crippen MR) is 132 cm³/mol. The number of fused-ring (bicyclic) bond motifs is 1. The van der Waals surface area contributed by atoms with Crippen LogP contribution in [0.3, 0.4) is 0 Å². The van der Waals surface area contributed by atoms with Gasteiger partial charge in [0.2, 0.25) is 5.88 Å². The van der Waals surface area contributed by atoms with E-state index in [-0.39, 0.29) is 0 Å². The second-order valence-corrected chi connectivity index (χ2v) is 9.84. The van der Waals surface area contributed by atoms with Crippen molar-refractivity contribution in [2.45, 2.75) is 59.0 Å². The minimum Gasteiger partial charge on any atom is -0.481 e. The zero-order valence-electron chi connectivity index (χ0n) is 20.8. The van der Waals surface area contributed by atoms with Crippen LogP contribution in [-0.4, -0.2) is 68.9 Å². The van der Waals surface area contributed by atoms with Gasteiger partial charge in [-0.2, -0.15) is 10.2 Å². The van der Waals surface area contributed by atoms with Gasteiger partial charge in [0.15, 0.2) is 0 Å². The number of hydrogen-bond acceptors (Lipinski definition) is 6. The van der Waals surface area contributed by atoms with Crippen molar-refractivity contribution in [1.29, 1.82) is 0 Å². The maximum Gasteiger partial charge on any atom is 0.215 e. The van der Waals surface area contributed by atoms with Crippen LogP contribution < -0.4 is 4.74 Å². The zero-order chi connectivity index (χ0) is 23.7. The summed E-state index contributed by atoms with van der Waals surface area (Å²) in [5, 5.41) is 9.79. The van der Waals surface area contributed by atoms with Gasteiger partial charge in [-0.15, -0.1) is 0 Å². The lowest BCUT2D eigenvalue weighted by Gasteiger charge is -2.34. The summed E-state index contributed by atoms with van der Waals surface area (Å²) in [6.45, 7) is 11.3. The molecule has 0 unspecified atom stereocenters. The number of pyridine rings is 1. The molecule has 2 aliphatic rings. The predicted octanol–water partition coefficient (Wildman–Crippen LogP) is 3.68. The van der Waals surface area contributed by atoms with Crippen molar-refractivity contribution < 1.29 is 9.47 Å². The standard InChI is InChI=1S/C26H36N6O2/c1-18(2)30-9-5-20(6-10-30)16-31-17-22(15-28-31)32-24-8-12-34-11-7-23(24)25(29-32)21-13-19(3)26(33-4)27-14-21/h13-15,17-18,20H,5-12,16H2,1-4H3. The fourth-order valence-electron chi connectivity index (χ4n) is 5.28. The summed E-state index contributed by atoms with van der Waals surface area (Å²) < 4.78 is 15.3. The number of ether oxygens (including phenoxy) is 2. The van der Waals surface area contributed by atoms with Gasteiger partial charge >= 0.3 is 0 Å². The van der Waals surface area contributed by atoms with Crippen molar-refractivity contribution in [2.75, 3.05) is 33.4 Å². The van der Waals surface area contributed by atoms with Gasteiger partial charge in [-0.1, -0.05) is 0 Å². The molecule has 1 saturated heterocycles. The highest BCUT2D eigenvalue weighted by molar-refractivity contribution is 5.65. The van der Waals surface area contributed by atoms with Gasteiger partial charge in [0.1, 0.15) is 5.69 Å². The Kier molecular flexibility index (Phi) is 6.70. The van der Waals surface area contributed by atoms with Gasteiger partial charge in [0.05, 0.1) is 44.1 Å². The molecule has 0 radical (unpaired) electrons. The van der Waals surface area contributed by atoms with E-state index in [0.29, 0.717) is 31.1 Å². The molecule has 0 saturated carbocycles. The number of aryl methyl sites for hydroxylation is 1. The molecule has 5 rings (SSSR count). The lowest BCUT2D eigenvalue weighted by Crippen LogP contribution is -2.39. The molecule has 3 aromatic heterocycles. The number of methoxy groups -OCH3 is 1. The average molecular weight is 465 g/mol. The number of hydrogen-bond donors (Lipinski definition) is 0. The molecule has 8 nitrogen and oxygen atoms in total. The maximum atomic E-state index is 5.81. The van der Waals surface area contributed by atoms with Gasteiger partial charge in [0.25, 0.3) is 0 Å². The van der Waals surface area contributed by atoms with Crippen LogP contribution in [0.15, 0.2) is 24.7 Å². The van der Waals surface area contributed by atoms with Gasteiger partial charge < -0.3 is 14.4 Å². The van der Waals surface area contributed by atoms with Crippen molar-refractivity contribution in [3.63, 3.8) is 0 Å². The summed E-state index contributed by atoms with van der Waals surface area (Å²) in [5.74, 6) is 1.33. The average Bonchev–Trinajstić information content (AvgIpc) is 3.36. The van der Waals surface area contributed by atoms with Gasteiger partial charge in [-0.25, -0.2) is 9.67 Å². The summed E-state index contributed by atoms with van der Waals surface area (Å²) in [7, 11) is 1.65. The fourth-order valence-corrected chi connectivity index (χ4v) is 5.28. The Labute approximate surface area is 201 Å². The highest BCUT2D eigenvalue weighted by Gasteiger charge is 2.24. The van der Waals surface area contributed by atoms with Crippen LogP contribution in [-0.2, 0) is 24.1 Å². The monoisotopic (exact) mass is 464 g/mol. The number of likely N-dealkylation sites (tertiary alicyclic amines) is 1. The first-order valence-corrected chi connectivity index (χ1v) is 12.5. The minimum absolute atomic E-state index is 0.634. The van der Waals surface area contributed by atoms with Gasteiger partial charge in [-0.3, -0.25) is 4.68 Å².